The van der Waals surface area contributed by atoms with Crippen LogP contribution in [-0.2, 0) is 9.13 Å². The Morgan fingerprint density at radius 2 is 0.600 bits per heavy atom. The summed E-state index contributed by atoms with van der Waals surface area (Å²) in [5.41, 5.74) is 0. The Morgan fingerprint density at radius 1 is 0.600 bits per heavy atom. The van der Waals surface area contributed by atoms with E-state index in [2.05, 4.69) is 0 Å². The molecule has 0 spiro atoms. The SMILES string of the molecule is F.F.F.F.F.F.N.O=[P]=O. The molecule has 1 radical (unpaired) electrons. The summed E-state index contributed by atoms with van der Waals surface area (Å²) in [4.78, 5) is 0. The van der Waals surface area contributed by atoms with Gasteiger partial charge in [0.05, 0.1) is 0 Å². The molecule has 0 aromatic heterocycles. The van der Waals surface area contributed by atoms with Crippen LogP contribution >= 0.6 is 8.34 Å². The van der Waals surface area contributed by atoms with Gasteiger partial charge in [-0.3, -0.25) is 28.2 Å². The van der Waals surface area contributed by atoms with Crippen LogP contribution in [0.15, 0.2) is 0 Å². The summed E-state index contributed by atoms with van der Waals surface area (Å²) in [7, 11) is -1.08. The Balaban J connectivity index is -0.000000000952. The first-order chi connectivity index (χ1) is 1.41. The number of hydrogen-bond acceptors (Lipinski definition) is 3. The summed E-state index contributed by atoms with van der Waals surface area (Å²) in [6.07, 6.45) is 0. The van der Waals surface area contributed by atoms with Gasteiger partial charge in [0.2, 0.25) is 0 Å². The quantitative estimate of drug-likeness (QED) is 0.477. The molecule has 10 heavy (non-hydrogen) atoms. The van der Waals surface area contributed by atoms with Crippen LogP contribution in [0, 0.1) is 0 Å². The van der Waals surface area contributed by atoms with Crippen LogP contribution in [0.2, 0.25) is 0 Å². The average molecular weight is 200 g/mol. The second-order valence-corrected chi connectivity index (χ2v) is 0.224. The van der Waals surface area contributed by atoms with Crippen LogP contribution in [0.3, 0.4) is 0 Å². The third-order valence-corrected chi connectivity index (χ3v) is 0. The van der Waals surface area contributed by atoms with Gasteiger partial charge in [0, 0.05) is 0 Å². The molecule has 0 amide bonds. The second-order valence-electron chi connectivity index (χ2n) is 0.0745. The Bertz CT molecular complexity index is 36.7. The Hall–Kier alpha value is -0.430. The summed E-state index contributed by atoms with van der Waals surface area (Å²) >= 11 is 0. The van der Waals surface area contributed by atoms with E-state index < -0.39 is 8.34 Å². The van der Waals surface area contributed by atoms with E-state index in [1.807, 2.05) is 0 Å². The van der Waals surface area contributed by atoms with Crippen LogP contribution in [0.25, 0.3) is 0 Å². The predicted octanol–water partition coefficient (Wildman–Crippen LogP) is 1.70. The van der Waals surface area contributed by atoms with Crippen LogP contribution in [0.1, 0.15) is 0 Å². The zero-order chi connectivity index (χ0) is 2.71. The van der Waals surface area contributed by atoms with Crippen molar-refractivity contribution in [1.82, 2.24) is 6.15 Å². The molecular weight excluding hydrogens is 191 g/mol. The fraction of sp³-hybridized carbons (Fsp3) is 0. The van der Waals surface area contributed by atoms with Gasteiger partial charge in [-0.15, -0.1) is 0 Å². The second kappa shape index (κ2) is 1510. The maximum absolute atomic E-state index is 8.35. The van der Waals surface area contributed by atoms with Gasteiger partial charge >= 0.3 is 17.5 Å². The Morgan fingerprint density at radius 3 is 0.600 bits per heavy atom. The third-order valence-electron chi connectivity index (χ3n) is 0. The molecular formula is H9F6NO2P. The zero-order valence-corrected chi connectivity index (χ0v) is 5.31. The zero-order valence-electron chi connectivity index (χ0n) is 4.42. The monoisotopic (exact) mass is 200 g/mol. The van der Waals surface area contributed by atoms with E-state index in [9.17, 15) is 0 Å². The summed E-state index contributed by atoms with van der Waals surface area (Å²) in [5, 5.41) is 0. The fourth-order valence-corrected chi connectivity index (χ4v) is 0. The molecule has 73 valence electrons. The standard InChI is InChI=1S/6FH.H3N.O2P/c;;;;;;;1-3-2/h6*1H;1H3;. The van der Waals surface area contributed by atoms with E-state index in [4.69, 9.17) is 9.13 Å². The molecule has 0 fully saturated rings. The van der Waals surface area contributed by atoms with Crippen LogP contribution in [0.5, 0.6) is 0 Å². The van der Waals surface area contributed by atoms with Gasteiger partial charge in [-0.1, -0.05) is 0 Å². The molecule has 0 unspecified atom stereocenters. The van der Waals surface area contributed by atoms with Crippen molar-refractivity contribution in [2.24, 2.45) is 0 Å². The minimum absolute atomic E-state index is 0. The Labute approximate surface area is 53.2 Å². The van der Waals surface area contributed by atoms with Gasteiger partial charge in [0.15, 0.2) is 0 Å². The maximum atomic E-state index is 8.35. The molecule has 0 aromatic rings. The van der Waals surface area contributed by atoms with Crippen molar-refractivity contribution in [3.8, 4) is 0 Å². The van der Waals surface area contributed by atoms with Crippen molar-refractivity contribution >= 4 is 8.34 Å². The van der Waals surface area contributed by atoms with E-state index in [-0.39, 0.29) is 34.4 Å². The van der Waals surface area contributed by atoms with Gasteiger partial charge in [-0.25, -0.2) is 0 Å². The van der Waals surface area contributed by atoms with E-state index >= 15 is 0 Å². The number of hydrogen-bond donors (Lipinski definition) is 1. The molecule has 0 saturated carbocycles. The van der Waals surface area contributed by atoms with Crippen molar-refractivity contribution < 1.29 is 37.4 Å². The summed E-state index contributed by atoms with van der Waals surface area (Å²) < 4.78 is 16.7. The first-order valence-corrected chi connectivity index (χ1v) is 1.10. The van der Waals surface area contributed by atoms with Crippen molar-refractivity contribution in [1.29, 1.82) is 0 Å². The number of halogens is 6. The topological polar surface area (TPSA) is 69.1 Å². The van der Waals surface area contributed by atoms with Crippen molar-refractivity contribution in [2.75, 3.05) is 0 Å². The van der Waals surface area contributed by atoms with Crippen LogP contribution in [0.4, 0.5) is 28.2 Å². The first kappa shape index (κ1) is 285. The van der Waals surface area contributed by atoms with Gasteiger partial charge < -0.3 is 6.15 Å². The molecule has 3 N–H and O–H groups in total. The predicted molar refractivity (Wildman–Crippen MR) is 28.3 cm³/mol. The molecule has 0 aliphatic heterocycles. The molecule has 0 saturated heterocycles. The van der Waals surface area contributed by atoms with Crippen molar-refractivity contribution in [2.45, 2.75) is 0 Å². The summed E-state index contributed by atoms with van der Waals surface area (Å²) in [6, 6.07) is 0. The first-order valence-electron chi connectivity index (χ1n) is 0.365. The number of rotatable bonds is 0. The summed E-state index contributed by atoms with van der Waals surface area (Å²) in [5.74, 6) is 0. The van der Waals surface area contributed by atoms with Crippen LogP contribution in [-0.4, -0.2) is 0 Å². The van der Waals surface area contributed by atoms with E-state index in [0.717, 1.165) is 0 Å². The molecule has 0 aliphatic carbocycles. The molecule has 0 aliphatic rings. The van der Waals surface area contributed by atoms with Gasteiger partial charge in [-0.05, 0) is 0 Å². The molecule has 0 bridgehead atoms. The van der Waals surface area contributed by atoms with Crippen molar-refractivity contribution in [3.05, 3.63) is 0 Å². The van der Waals surface area contributed by atoms with Crippen molar-refractivity contribution in [3.63, 3.8) is 0 Å². The van der Waals surface area contributed by atoms with E-state index in [1.54, 1.807) is 0 Å². The molecule has 0 rings (SSSR count). The molecule has 10 heteroatoms. The van der Waals surface area contributed by atoms with Gasteiger partial charge in [-0.2, -0.15) is 0 Å². The summed E-state index contributed by atoms with van der Waals surface area (Å²) in [6.45, 7) is 0. The molecule has 3 nitrogen and oxygen atoms in total. The van der Waals surface area contributed by atoms with Gasteiger partial charge in [0.25, 0.3) is 0 Å². The van der Waals surface area contributed by atoms with Crippen LogP contribution < -0.4 is 6.15 Å². The minimum atomic E-state index is -1.08. The molecule has 0 atom stereocenters. The third kappa shape index (κ3) is 1770. The fourth-order valence-electron chi connectivity index (χ4n) is 0. The molecule has 0 heterocycles. The average Bonchev–Trinajstić information content (AvgIpc) is 0.918. The Kier molecular flexibility index (Phi) is 43100. The van der Waals surface area contributed by atoms with Gasteiger partial charge in [0.1, 0.15) is 0 Å². The van der Waals surface area contributed by atoms with E-state index in [1.165, 1.54) is 0 Å². The molecule has 0 aromatic carbocycles. The van der Waals surface area contributed by atoms with E-state index in [0.29, 0.717) is 0 Å². The normalized spacial score (nSPS) is 0.800.